The van der Waals surface area contributed by atoms with Crippen LogP contribution in [-0.2, 0) is 0 Å². The minimum absolute atomic E-state index is 0.166. The number of halogens is 3. The van der Waals surface area contributed by atoms with Crippen LogP contribution in [0.4, 0.5) is 10.1 Å². The average Bonchev–Trinajstić information content (AvgIpc) is 2.77. The van der Waals surface area contributed by atoms with Gasteiger partial charge in [-0.05, 0) is 56.1 Å². The molecule has 108 valence electrons. The molecule has 3 N–H and O–H groups in total. The Balaban J connectivity index is 2.18. The van der Waals surface area contributed by atoms with Crippen LogP contribution in [0.3, 0.4) is 0 Å². The highest BCUT2D eigenvalue weighted by molar-refractivity contribution is 9.12. The van der Waals surface area contributed by atoms with Gasteiger partial charge in [-0.15, -0.1) is 11.3 Å². The molecule has 0 saturated heterocycles. The van der Waals surface area contributed by atoms with Gasteiger partial charge in [-0.2, -0.15) is 0 Å². The summed E-state index contributed by atoms with van der Waals surface area (Å²) in [5.74, 6) is 4.39. The summed E-state index contributed by atoms with van der Waals surface area (Å²) in [6, 6.07) is 6.03. The van der Waals surface area contributed by atoms with Gasteiger partial charge >= 0.3 is 0 Å². The average molecular weight is 432 g/mol. The summed E-state index contributed by atoms with van der Waals surface area (Å²) in [5, 5.41) is 2.64. The molecule has 0 fully saturated rings. The Bertz CT molecular complexity index is 749. The van der Waals surface area contributed by atoms with Gasteiger partial charge in [0, 0.05) is 5.69 Å². The van der Waals surface area contributed by atoms with E-state index in [4.69, 9.17) is 5.73 Å². The van der Waals surface area contributed by atoms with Crippen molar-refractivity contribution in [2.24, 2.45) is 5.73 Å². The van der Waals surface area contributed by atoms with Crippen LogP contribution in [0.15, 0.2) is 31.8 Å². The van der Waals surface area contributed by atoms with Gasteiger partial charge in [-0.25, -0.2) is 4.39 Å². The second-order valence-corrected chi connectivity index (χ2v) is 7.64. The molecule has 0 aliphatic rings. The van der Waals surface area contributed by atoms with Crippen molar-refractivity contribution in [3.8, 4) is 11.8 Å². The number of carbonyl (C=O) groups excluding carboxylic acids is 1. The zero-order valence-corrected chi connectivity index (χ0v) is 14.5. The Morgan fingerprint density at radius 2 is 2.14 bits per heavy atom. The van der Waals surface area contributed by atoms with Gasteiger partial charge in [0.2, 0.25) is 0 Å². The van der Waals surface area contributed by atoms with Crippen molar-refractivity contribution in [3.63, 3.8) is 0 Å². The lowest BCUT2D eigenvalue weighted by atomic mass is 10.2. The molecule has 1 amide bonds. The molecule has 1 aromatic carbocycles. The fraction of sp³-hybridized carbons (Fsp3) is 0.0714. The van der Waals surface area contributed by atoms with Gasteiger partial charge in [-0.3, -0.25) is 4.79 Å². The minimum atomic E-state index is -0.501. The van der Waals surface area contributed by atoms with E-state index in [0.29, 0.717) is 15.0 Å². The van der Waals surface area contributed by atoms with Gasteiger partial charge in [0.05, 0.1) is 25.2 Å². The molecule has 21 heavy (non-hydrogen) atoms. The number of benzene rings is 1. The van der Waals surface area contributed by atoms with E-state index in [9.17, 15) is 9.18 Å². The first kappa shape index (κ1) is 16.2. The number of nitrogens with two attached hydrogens (primary N) is 1. The van der Waals surface area contributed by atoms with Gasteiger partial charge in [-0.1, -0.05) is 11.8 Å². The summed E-state index contributed by atoms with van der Waals surface area (Å²) in [4.78, 5) is 12.1. The van der Waals surface area contributed by atoms with Crippen LogP contribution in [0.1, 0.15) is 15.9 Å². The van der Waals surface area contributed by atoms with Gasteiger partial charge < -0.3 is 11.1 Å². The fourth-order valence-electron chi connectivity index (χ4n) is 1.53. The van der Waals surface area contributed by atoms with E-state index in [1.807, 2.05) is 0 Å². The van der Waals surface area contributed by atoms with Crippen molar-refractivity contribution in [3.05, 3.63) is 48.8 Å². The van der Waals surface area contributed by atoms with Crippen LogP contribution in [0.5, 0.6) is 0 Å². The zero-order valence-electron chi connectivity index (χ0n) is 10.5. The molecular formula is C14H9Br2FN2OS. The molecule has 7 heteroatoms. The fourth-order valence-corrected chi connectivity index (χ4v) is 4.33. The first-order valence-electron chi connectivity index (χ1n) is 5.76. The molecule has 0 bridgehead atoms. The highest BCUT2D eigenvalue weighted by atomic mass is 79.9. The molecule has 2 rings (SSSR count). The maximum absolute atomic E-state index is 13.8. The number of anilines is 1. The Morgan fingerprint density at radius 3 is 2.71 bits per heavy atom. The van der Waals surface area contributed by atoms with Crippen LogP contribution < -0.4 is 11.1 Å². The maximum Gasteiger partial charge on any atom is 0.257 e. The summed E-state index contributed by atoms with van der Waals surface area (Å²) < 4.78 is 15.3. The summed E-state index contributed by atoms with van der Waals surface area (Å²) >= 11 is 8.01. The third-order valence-corrected chi connectivity index (χ3v) is 4.79. The number of hydrogen-bond acceptors (Lipinski definition) is 3. The second-order valence-electron chi connectivity index (χ2n) is 3.89. The van der Waals surface area contributed by atoms with Crippen molar-refractivity contribution in [1.29, 1.82) is 0 Å². The molecule has 0 aliphatic heterocycles. The number of hydrogen-bond donors (Lipinski definition) is 2. The molecule has 0 unspecified atom stereocenters. The Hall–Kier alpha value is -1.20. The number of amides is 1. The van der Waals surface area contributed by atoms with E-state index >= 15 is 0 Å². The number of nitrogens with one attached hydrogen (secondary N) is 1. The van der Waals surface area contributed by atoms with Crippen molar-refractivity contribution < 1.29 is 9.18 Å². The largest absolute Gasteiger partial charge is 0.322 e. The first-order chi connectivity index (χ1) is 10.0. The Morgan fingerprint density at radius 1 is 1.38 bits per heavy atom. The molecule has 0 spiro atoms. The molecule has 1 heterocycles. The maximum atomic E-state index is 13.8. The Labute approximate surface area is 142 Å². The third-order valence-electron chi connectivity index (χ3n) is 2.45. The molecule has 0 radical (unpaired) electrons. The zero-order chi connectivity index (χ0) is 15.4. The van der Waals surface area contributed by atoms with E-state index < -0.39 is 5.82 Å². The van der Waals surface area contributed by atoms with E-state index in [1.165, 1.54) is 23.5 Å². The number of carbonyl (C=O) groups is 1. The standard InChI is InChI=1S/C14H9Br2FN2OS/c15-12-7-10(13(16)21-12)14(20)19-9-4-3-8(2-1-5-18)11(17)6-9/h3-4,6-7H,5,18H2,(H,19,20). The molecule has 0 saturated carbocycles. The van der Waals surface area contributed by atoms with Crippen molar-refractivity contribution >= 4 is 54.8 Å². The topological polar surface area (TPSA) is 55.1 Å². The molecule has 0 atom stereocenters. The van der Waals surface area contributed by atoms with Crippen LogP contribution in [0.2, 0.25) is 0 Å². The van der Waals surface area contributed by atoms with Crippen LogP contribution in [0, 0.1) is 17.7 Å². The predicted octanol–water partition coefficient (Wildman–Crippen LogP) is 3.97. The Kier molecular flexibility index (Phi) is 5.53. The lowest BCUT2D eigenvalue weighted by Crippen LogP contribution is -2.11. The SMILES string of the molecule is NCC#Cc1ccc(NC(=O)c2cc(Br)sc2Br)cc1F. The molecule has 1 aromatic heterocycles. The minimum Gasteiger partial charge on any atom is -0.322 e. The van der Waals surface area contributed by atoms with Crippen molar-refractivity contribution in [2.75, 3.05) is 11.9 Å². The lowest BCUT2D eigenvalue weighted by Gasteiger charge is -2.05. The smallest absolute Gasteiger partial charge is 0.257 e. The number of thiophene rings is 1. The van der Waals surface area contributed by atoms with Gasteiger partial charge in [0.1, 0.15) is 5.82 Å². The van der Waals surface area contributed by atoms with Crippen LogP contribution in [-0.4, -0.2) is 12.5 Å². The van der Waals surface area contributed by atoms with Crippen molar-refractivity contribution in [1.82, 2.24) is 0 Å². The van der Waals surface area contributed by atoms with E-state index in [1.54, 1.807) is 12.1 Å². The van der Waals surface area contributed by atoms with Crippen LogP contribution in [0.25, 0.3) is 0 Å². The second kappa shape index (κ2) is 7.18. The lowest BCUT2D eigenvalue weighted by molar-refractivity contribution is 0.102. The van der Waals surface area contributed by atoms with Gasteiger partial charge in [0.25, 0.3) is 5.91 Å². The van der Waals surface area contributed by atoms with E-state index in [2.05, 4.69) is 49.0 Å². The quantitative estimate of drug-likeness (QED) is 0.706. The molecule has 2 aromatic rings. The normalized spacial score (nSPS) is 9.90. The van der Waals surface area contributed by atoms with Crippen LogP contribution >= 0.6 is 43.2 Å². The molecular weight excluding hydrogens is 423 g/mol. The highest BCUT2D eigenvalue weighted by Crippen LogP contribution is 2.32. The van der Waals surface area contributed by atoms with E-state index in [0.717, 1.165) is 3.79 Å². The summed E-state index contributed by atoms with van der Waals surface area (Å²) in [7, 11) is 0. The summed E-state index contributed by atoms with van der Waals surface area (Å²) in [5.41, 5.74) is 6.34. The third kappa shape index (κ3) is 4.14. The predicted molar refractivity (Wildman–Crippen MR) is 90.0 cm³/mol. The first-order valence-corrected chi connectivity index (χ1v) is 8.16. The molecule has 3 nitrogen and oxygen atoms in total. The monoisotopic (exact) mass is 430 g/mol. The number of rotatable bonds is 2. The summed E-state index contributed by atoms with van der Waals surface area (Å²) in [6.07, 6.45) is 0. The highest BCUT2D eigenvalue weighted by Gasteiger charge is 2.14. The van der Waals surface area contributed by atoms with Gasteiger partial charge in [0.15, 0.2) is 0 Å². The molecule has 0 aliphatic carbocycles. The van der Waals surface area contributed by atoms with E-state index in [-0.39, 0.29) is 18.0 Å². The summed E-state index contributed by atoms with van der Waals surface area (Å²) in [6.45, 7) is 0.166. The van der Waals surface area contributed by atoms with Crippen molar-refractivity contribution in [2.45, 2.75) is 0 Å².